The van der Waals surface area contributed by atoms with Gasteiger partial charge in [0.2, 0.25) is 0 Å². The molecule has 0 aliphatic rings. The topological polar surface area (TPSA) is 173 Å². The molecule has 2 aromatic heterocycles. The van der Waals surface area contributed by atoms with Crippen LogP contribution in [0.5, 0.6) is 23.0 Å². The predicted octanol–water partition coefficient (Wildman–Crippen LogP) is 12.6. The number of nitriles is 1. The minimum Gasteiger partial charge on any atom is -0.494 e. The lowest BCUT2D eigenvalue weighted by Gasteiger charge is -2.11. The quantitative estimate of drug-likeness (QED) is 0.0173. The fraction of sp³-hybridized carbons (Fsp3) is 0.351. The molecule has 0 bridgehead atoms. The van der Waals surface area contributed by atoms with Gasteiger partial charge >= 0.3 is 23.9 Å². The van der Waals surface area contributed by atoms with Gasteiger partial charge in [-0.05, 0) is 111 Å². The smallest absolute Gasteiger partial charge is 0.345 e. The number of unbranched alkanes of at least 4 members (excludes halogenated alkanes) is 14. The van der Waals surface area contributed by atoms with Crippen LogP contribution in [0.4, 0.5) is 0 Å². The number of aromatic nitrogens is 2. The Balaban J connectivity index is 1.01. The van der Waals surface area contributed by atoms with Crippen molar-refractivity contribution in [3.05, 3.63) is 145 Å². The molecule has 0 fully saturated rings. The molecule has 0 aliphatic heterocycles. The van der Waals surface area contributed by atoms with Crippen molar-refractivity contribution >= 4 is 23.9 Å². The normalized spacial score (nSPS) is 10.6. The maximum Gasteiger partial charge on any atom is 0.345 e. The zero-order valence-corrected chi connectivity index (χ0v) is 40.0. The van der Waals surface area contributed by atoms with Gasteiger partial charge in [-0.3, -0.25) is 9.97 Å². The highest BCUT2D eigenvalue weighted by molar-refractivity contribution is 5.93. The lowest BCUT2D eigenvalue weighted by atomic mass is 10.1. The highest BCUT2D eigenvalue weighted by atomic mass is 16.6. The molecule has 0 saturated heterocycles. The van der Waals surface area contributed by atoms with Crippen LogP contribution >= 0.6 is 0 Å². The number of hydrogen-bond acceptors (Lipinski definition) is 13. The molecule has 2 heterocycles. The van der Waals surface area contributed by atoms with E-state index in [0.717, 1.165) is 99.7 Å². The first-order valence-electron chi connectivity index (χ1n) is 24.2. The third-order valence-electron chi connectivity index (χ3n) is 11.2. The van der Waals surface area contributed by atoms with E-state index >= 15 is 0 Å². The van der Waals surface area contributed by atoms with Crippen LogP contribution in [0.3, 0.4) is 0 Å². The van der Waals surface area contributed by atoms with Gasteiger partial charge in [-0.1, -0.05) is 90.2 Å². The van der Waals surface area contributed by atoms with Crippen LogP contribution in [0.25, 0.3) is 22.5 Å². The predicted molar refractivity (Wildman–Crippen MR) is 268 cm³/mol. The average molecular weight is 950 g/mol. The number of carbonyl (C=O) groups excluding carboxylic acids is 4. The van der Waals surface area contributed by atoms with Gasteiger partial charge in [0.15, 0.2) is 11.5 Å². The largest absolute Gasteiger partial charge is 0.494 e. The van der Waals surface area contributed by atoms with Crippen molar-refractivity contribution in [1.82, 2.24) is 9.97 Å². The molecule has 13 nitrogen and oxygen atoms in total. The molecule has 0 spiro atoms. The molecular formula is C57H63N3O10. The van der Waals surface area contributed by atoms with E-state index in [1.165, 1.54) is 68.4 Å². The molecule has 13 heteroatoms. The number of rotatable bonds is 32. The summed E-state index contributed by atoms with van der Waals surface area (Å²) < 4.78 is 33.2. The van der Waals surface area contributed by atoms with Crippen LogP contribution in [-0.4, -0.2) is 60.3 Å². The molecular weight excluding hydrogens is 887 g/mol. The molecule has 0 aliphatic carbocycles. The van der Waals surface area contributed by atoms with Gasteiger partial charge in [0.25, 0.3) is 0 Å². The van der Waals surface area contributed by atoms with Crippen LogP contribution in [0.1, 0.15) is 129 Å². The number of nitrogens with zero attached hydrogens (tertiary/aromatic N) is 3. The Labute approximate surface area is 411 Å². The third-order valence-corrected chi connectivity index (χ3v) is 11.2. The molecule has 5 aromatic rings. The van der Waals surface area contributed by atoms with Crippen LogP contribution in [0, 0.1) is 11.3 Å². The van der Waals surface area contributed by atoms with E-state index in [2.05, 4.69) is 23.1 Å². The van der Waals surface area contributed by atoms with Crippen LogP contribution in [-0.2, 0) is 19.1 Å². The standard InChI is InChI=1S/C57H63N3O10/c1-3-54(61)67-37-19-15-11-7-5-9-13-17-35-65-48-28-22-44(23-29-48)50-32-26-46(41-59-50)56(63)69-52-34-21-43(40-58)39-53(52)70-57(64)47-27-33-51(60-42-47)45-24-30-49(31-25-45)66-36-18-14-10-6-8-12-16-20-38-68-55(62)4-2/h3-4,21-34,39,41-42H,1-2,5-20,35-38H2. The Morgan fingerprint density at radius 2 is 0.857 bits per heavy atom. The number of pyridine rings is 2. The molecule has 3 aromatic carbocycles. The maximum atomic E-state index is 13.3. The Morgan fingerprint density at radius 3 is 1.23 bits per heavy atom. The summed E-state index contributed by atoms with van der Waals surface area (Å²) in [5, 5.41) is 9.55. The first-order valence-corrected chi connectivity index (χ1v) is 24.2. The summed E-state index contributed by atoms with van der Waals surface area (Å²) in [4.78, 5) is 57.6. The number of ether oxygens (including phenoxy) is 6. The number of esters is 4. The SMILES string of the molecule is C=CC(=O)OCCCCCCCCCCOc1ccc(-c2ccc(C(=O)Oc3ccc(C#N)cc3OC(=O)c3ccc(-c4ccc(OCCCCCCCCCCOC(=O)C=C)cc4)nc3)cn2)cc1. The van der Waals surface area contributed by atoms with E-state index in [9.17, 15) is 24.4 Å². The highest BCUT2D eigenvalue weighted by Gasteiger charge is 2.19. The summed E-state index contributed by atoms with van der Waals surface area (Å²) in [5.74, 6) is -0.821. The van der Waals surface area contributed by atoms with Crippen molar-refractivity contribution in [3.63, 3.8) is 0 Å². The molecule has 0 amide bonds. The van der Waals surface area contributed by atoms with E-state index in [4.69, 9.17) is 28.4 Å². The van der Waals surface area contributed by atoms with Gasteiger partial charge in [-0.15, -0.1) is 0 Å². The number of benzene rings is 3. The minimum absolute atomic E-state index is 0.0460. The molecule has 0 unspecified atom stereocenters. The highest BCUT2D eigenvalue weighted by Crippen LogP contribution is 2.31. The Hall–Kier alpha value is -7.59. The van der Waals surface area contributed by atoms with Gasteiger partial charge in [-0.25, -0.2) is 19.2 Å². The van der Waals surface area contributed by atoms with Crippen molar-refractivity contribution < 1.29 is 47.6 Å². The zero-order chi connectivity index (χ0) is 49.6. The second kappa shape index (κ2) is 30.7. The first kappa shape index (κ1) is 53.4. The summed E-state index contributed by atoms with van der Waals surface area (Å²) in [6.07, 6.45) is 22.4. The van der Waals surface area contributed by atoms with E-state index in [1.54, 1.807) is 24.3 Å². The van der Waals surface area contributed by atoms with Crippen molar-refractivity contribution in [1.29, 1.82) is 5.26 Å². The third kappa shape index (κ3) is 19.2. The van der Waals surface area contributed by atoms with Gasteiger partial charge in [0.1, 0.15) is 11.5 Å². The average Bonchev–Trinajstić information content (AvgIpc) is 3.39. The van der Waals surface area contributed by atoms with Gasteiger partial charge in [0, 0.05) is 41.7 Å². The van der Waals surface area contributed by atoms with Crippen LogP contribution in [0.15, 0.2) is 129 Å². The Kier molecular flexibility index (Phi) is 23.4. The summed E-state index contributed by atoms with van der Waals surface area (Å²) in [5.41, 5.74) is 3.53. The maximum absolute atomic E-state index is 13.3. The van der Waals surface area contributed by atoms with Gasteiger partial charge < -0.3 is 28.4 Å². The van der Waals surface area contributed by atoms with E-state index in [1.807, 2.05) is 54.6 Å². The van der Waals surface area contributed by atoms with Gasteiger partial charge in [0.05, 0.1) is 60.6 Å². The van der Waals surface area contributed by atoms with E-state index < -0.39 is 11.9 Å². The molecule has 366 valence electrons. The monoisotopic (exact) mass is 949 g/mol. The second-order valence-corrected chi connectivity index (χ2v) is 16.6. The van der Waals surface area contributed by atoms with Gasteiger partial charge in [-0.2, -0.15) is 5.26 Å². The molecule has 70 heavy (non-hydrogen) atoms. The summed E-state index contributed by atoms with van der Waals surface area (Å²) >= 11 is 0. The van der Waals surface area contributed by atoms with Crippen molar-refractivity contribution in [2.24, 2.45) is 0 Å². The number of hydrogen-bond donors (Lipinski definition) is 0. The Morgan fingerprint density at radius 1 is 0.471 bits per heavy atom. The molecule has 0 N–H and O–H groups in total. The first-order chi connectivity index (χ1) is 34.3. The fourth-order valence-corrected chi connectivity index (χ4v) is 7.25. The van der Waals surface area contributed by atoms with Crippen molar-refractivity contribution in [2.75, 3.05) is 26.4 Å². The van der Waals surface area contributed by atoms with Crippen molar-refractivity contribution in [2.45, 2.75) is 103 Å². The van der Waals surface area contributed by atoms with Crippen LogP contribution in [0.2, 0.25) is 0 Å². The molecule has 0 atom stereocenters. The van der Waals surface area contributed by atoms with Crippen LogP contribution < -0.4 is 18.9 Å². The number of carbonyl (C=O) groups is 4. The minimum atomic E-state index is -0.747. The van der Waals surface area contributed by atoms with E-state index in [0.29, 0.717) is 37.8 Å². The molecule has 5 rings (SSSR count). The molecule has 0 radical (unpaired) electrons. The lowest BCUT2D eigenvalue weighted by Crippen LogP contribution is -2.13. The Bertz CT molecular complexity index is 2460. The van der Waals surface area contributed by atoms with E-state index in [-0.39, 0.29) is 40.1 Å². The summed E-state index contributed by atoms with van der Waals surface area (Å²) in [6.45, 7) is 8.95. The molecule has 0 saturated carbocycles. The second-order valence-electron chi connectivity index (χ2n) is 16.6. The fourth-order valence-electron chi connectivity index (χ4n) is 7.25. The summed E-state index contributed by atoms with van der Waals surface area (Å²) in [6, 6.07) is 28.0. The zero-order valence-electron chi connectivity index (χ0n) is 40.0. The van der Waals surface area contributed by atoms with Crippen molar-refractivity contribution in [3.8, 4) is 51.6 Å². The summed E-state index contributed by atoms with van der Waals surface area (Å²) in [7, 11) is 0. The lowest BCUT2D eigenvalue weighted by molar-refractivity contribution is -0.138.